The first kappa shape index (κ1) is 12.7. The number of fused-ring (bicyclic) bond motifs is 1. The van der Waals surface area contributed by atoms with Crippen molar-refractivity contribution < 1.29 is 0 Å². The zero-order chi connectivity index (χ0) is 13.5. The molecule has 0 spiro atoms. The van der Waals surface area contributed by atoms with Gasteiger partial charge in [0.2, 0.25) is 4.96 Å². The van der Waals surface area contributed by atoms with Crippen LogP contribution in [-0.2, 0) is 0 Å². The molecule has 2 aliphatic carbocycles. The summed E-state index contributed by atoms with van der Waals surface area (Å²) in [5, 5.41) is 14.6. The van der Waals surface area contributed by atoms with Gasteiger partial charge in [-0.25, -0.2) is 0 Å². The fourth-order valence-electron chi connectivity index (χ4n) is 3.36. The molecular formula is C14H21N5S. The first-order chi connectivity index (χ1) is 9.83. The zero-order valence-electron chi connectivity index (χ0n) is 11.7. The fourth-order valence-corrected chi connectivity index (χ4v) is 4.42. The summed E-state index contributed by atoms with van der Waals surface area (Å²) in [6.07, 6.45) is 9.91. The van der Waals surface area contributed by atoms with Gasteiger partial charge in [-0.05, 0) is 25.7 Å². The van der Waals surface area contributed by atoms with Gasteiger partial charge >= 0.3 is 0 Å². The summed E-state index contributed by atoms with van der Waals surface area (Å²) in [6.45, 7) is 0. The molecule has 0 bridgehead atoms. The lowest BCUT2D eigenvalue weighted by Gasteiger charge is -2.22. The lowest BCUT2D eigenvalue weighted by molar-refractivity contribution is 0.394. The van der Waals surface area contributed by atoms with Crippen LogP contribution in [0, 0.1) is 0 Å². The topological polar surface area (TPSA) is 69.1 Å². The van der Waals surface area contributed by atoms with E-state index in [9.17, 15) is 0 Å². The first-order valence-electron chi connectivity index (χ1n) is 7.80. The minimum Gasteiger partial charge on any atom is -0.327 e. The quantitative estimate of drug-likeness (QED) is 0.864. The Bertz CT molecular complexity index is 600. The Morgan fingerprint density at radius 1 is 1.00 bits per heavy atom. The summed E-state index contributed by atoms with van der Waals surface area (Å²) in [6, 6.07) is 0.258. The van der Waals surface area contributed by atoms with Crippen LogP contribution >= 0.6 is 11.3 Å². The van der Waals surface area contributed by atoms with Crippen molar-refractivity contribution in [3.05, 3.63) is 10.8 Å². The van der Waals surface area contributed by atoms with E-state index < -0.39 is 0 Å². The zero-order valence-corrected chi connectivity index (χ0v) is 12.5. The third kappa shape index (κ3) is 2.05. The molecule has 0 saturated heterocycles. The Morgan fingerprint density at radius 3 is 2.65 bits per heavy atom. The SMILES string of the molecule is NC1CCCCCC1c1nn2c(C3CCC3)nnc2s1. The summed E-state index contributed by atoms with van der Waals surface area (Å²) < 4.78 is 1.99. The van der Waals surface area contributed by atoms with E-state index in [0.29, 0.717) is 11.8 Å². The van der Waals surface area contributed by atoms with Gasteiger partial charge in [-0.15, -0.1) is 10.2 Å². The molecule has 0 aliphatic heterocycles. The molecule has 20 heavy (non-hydrogen) atoms. The highest BCUT2D eigenvalue weighted by atomic mass is 32.1. The molecule has 0 amide bonds. The molecule has 2 saturated carbocycles. The van der Waals surface area contributed by atoms with E-state index in [0.717, 1.165) is 17.2 Å². The maximum Gasteiger partial charge on any atom is 0.234 e. The average Bonchev–Trinajstić information content (AvgIpc) is 2.86. The van der Waals surface area contributed by atoms with Gasteiger partial charge in [0.1, 0.15) is 5.01 Å². The van der Waals surface area contributed by atoms with Gasteiger partial charge in [-0.3, -0.25) is 0 Å². The van der Waals surface area contributed by atoms with Crippen LogP contribution < -0.4 is 5.73 Å². The molecule has 108 valence electrons. The monoisotopic (exact) mass is 291 g/mol. The Morgan fingerprint density at radius 2 is 1.85 bits per heavy atom. The molecule has 2 aromatic heterocycles. The van der Waals surface area contributed by atoms with Crippen molar-refractivity contribution in [2.45, 2.75) is 69.2 Å². The van der Waals surface area contributed by atoms with Crippen LogP contribution in [0.15, 0.2) is 0 Å². The van der Waals surface area contributed by atoms with Crippen molar-refractivity contribution in [2.75, 3.05) is 0 Å². The van der Waals surface area contributed by atoms with Crippen molar-refractivity contribution >= 4 is 16.3 Å². The van der Waals surface area contributed by atoms with Crippen molar-refractivity contribution in [2.24, 2.45) is 5.73 Å². The predicted molar refractivity (Wildman–Crippen MR) is 79.1 cm³/mol. The van der Waals surface area contributed by atoms with Crippen LogP contribution in [0.1, 0.15) is 74.0 Å². The minimum absolute atomic E-state index is 0.258. The molecule has 2 aliphatic rings. The maximum atomic E-state index is 6.36. The van der Waals surface area contributed by atoms with Gasteiger partial charge in [0.05, 0.1) is 0 Å². The first-order valence-corrected chi connectivity index (χ1v) is 8.62. The molecule has 0 aromatic carbocycles. The van der Waals surface area contributed by atoms with E-state index in [1.807, 2.05) is 4.52 Å². The lowest BCUT2D eigenvalue weighted by atomic mass is 9.85. The summed E-state index contributed by atoms with van der Waals surface area (Å²) in [7, 11) is 0. The molecule has 5 nitrogen and oxygen atoms in total. The third-order valence-corrected chi connectivity index (χ3v) is 5.92. The van der Waals surface area contributed by atoms with Crippen LogP contribution in [0.25, 0.3) is 4.96 Å². The minimum atomic E-state index is 0.258. The Balaban J connectivity index is 1.67. The second kappa shape index (κ2) is 5.07. The number of nitrogens with two attached hydrogens (primary N) is 1. The molecule has 2 N–H and O–H groups in total. The lowest BCUT2D eigenvalue weighted by Crippen LogP contribution is -2.27. The van der Waals surface area contributed by atoms with Crippen LogP contribution in [0.2, 0.25) is 0 Å². The van der Waals surface area contributed by atoms with Crippen molar-refractivity contribution in [3.63, 3.8) is 0 Å². The molecule has 2 heterocycles. The van der Waals surface area contributed by atoms with Gasteiger partial charge < -0.3 is 5.73 Å². The highest BCUT2D eigenvalue weighted by Gasteiger charge is 2.29. The normalized spacial score (nSPS) is 28.4. The van der Waals surface area contributed by atoms with Crippen LogP contribution in [0.5, 0.6) is 0 Å². The summed E-state index contributed by atoms with van der Waals surface area (Å²) in [5.41, 5.74) is 6.36. The van der Waals surface area contributed by atoms with Crippen molar-refractivity contribution in [1.82, 2.24) is 19.8 Å². The number of nitrogens with zero attached hydrogens (tertiary/aromatic N) is 4. The van der Waals surface area contributed by atoms with E-state index in [4.69, 9.17) is 10.8 Å². The highest BCUT2D eigenvalue weighted by Crippen LogP contribution is 2.37. The van der Waals surface area contributed by atoms with Crippen molar-refractivity contribution in [1.29, 1.82) is 0 Å². The van der Waals surface area contributed by atoms with Crippen molar-refractivity contribution in [3.8, 4) is 0 Å². The highest BCUT2D eigenvalue weighted by molar-refractivity contribution is 7.16. The van der Waals surface area contributed by atoms with E-state index in [2.05, 4.69) is 10.2 Å². The van der Waals surface area contributed by atoms with E-state index in [1.165, 1.54) is 50.0 Å². The van der Waals surface area contributed by atoms with Gasteiger partial charge in [0.25, 0.3) is 0 Å². The summed E-state index contributed by atoms with van der Waals surface area (Å²) in [5.74, 6) is 2.05. The van der Waals surface area contributed by atoms with Gasteiger partial charge in [-0.2, -0.15) is 9.61 Å². The molecule has 0 radical (unpaired) electrons. The predicted octanol–water partition coefficient (Wildman–Crippen LogP) is 2.83. The fraction of sp³-hybridized carbons (Fsp3) is 0.786. The Kier molecular flexibility index (Phi) is 3.22. The van der Waals surface area contributed by atoms with E-state index in [1.54, 1.807) is 11.3 Å². The standard InChI is InChI=1S/C14H21N5S/c15-11-8-3-1-2-7-10(11)13-18-19-12(9-5-4-6-9)16-17-14(19)20-13/h9-11H,1-8,15H2. The second-order valence-corrected chi connectivity index (χ2v) is 7.22. The maximum absolute atomic E-state index is 6.36. The van der Waals surface area contributed by atoms with Crippen LogP contribution in [0.4, 0.5) is 0 Å². The molecule has 4 rings (SSSR count). The number of aromatic nitrogens is 4. The summed E-state index contributed by atoms with van der Waals surface area (Å²) >= 11 is 1.69. The van der Waals surface area contributed by atoms with Crippen LogP contribution in [-0.4, -0.2) is 25.9 Å². The molecule has 2 fully saturated rings. The Hall–Kier alpha value is -1.01. The van der Waals surface area contributed by atoms with E-state index >= 15 is 0 Å². The molecule has 6 heteroatoms. The van der Waals surface area contributed by atoms with E-state index in [-0.39, 0.29) is 6.04 Å². The smallest absolute Gasteiger partial charge is 0.234 e. The van der Waals surface area contributed by atoms with Crippen LogP contribution in [0.3, 0.4) is 0 Å². The molecular weight excluding hydrogens is 270 g/mol. The number of hydrogen-bond donors (Lipinski definition) is 1. The average molecular weight is 291 g/mol. The number of rotatable bonds is 2. The third-order valence-electron chi connectivity index (χ3n) is 4.89. The second-order valence-electron chi connectivity index (χ2n) is 6.23. The van der Waals surface area contributed by atoms with Gasteiger partial charge in [0, 0.05) is 17.9 Å². The largest absolute Gasteiger partial charge is 0.327 e. The Labute approximate surface area is 122 Å². The molecule has 2 aromatic rings. The van der Waals surface area contributed by atoms with Gasteiger partial charge in [-0.1, -0.05) is 37.0 Å². The molecule has 2 unspecified atom stereocenters. The summed E-state index contributed by atoms with van der Waals surface area (Å²) in [4.78, 5) is 0.943. The molecule has 2 atom stereocenters. The van der Waals surface area contributed by atoms with Gasteiger partial charge in [0.15, 0.2) is 5.82 Å². The number of hydrogen-bond acceptors (Lipinski definition) is 5.